The number of aromatic nitrogens is 7. The van der Waals surface area contributed by atoms with Crippen LogP contribution >= 0.6 is 56.7 Å². The van der Waals surface area contributed by atoms with Gasteiger partial charge in [0.25, 0.3) is 23.6 Å². The van der Waals surface area contributed by atoms with Gasteiger partial charge in [0.2, 0.25) is 5.91 Å². The first kappa shape index (κ1) is 73.4. The number of methoxy groups -OCH3 is 1. The minimum absolute atomic E-state index is 0.000274. The second-order valence-corrected chi connectivity index (χ2v) is 29.2. The first-order valence-corrected chi connectivity index (χ1v) is 36.0. The quantitative estimate of drug-likeness (QED) is 0.0448. The fraction of sp³-hybridized carbons (Fsp3) is 0.406. The molecular formula is C64H68N14O20S5. The van der Waals surface area contributed by atoms with E-state index in [-0.39, 0.29) is 130 Å². The number of aromatic hydroxyl groups is 1. The van der Waals surface area contributed by atoms with Gasteiger partial charge < -0.3 is 95.5 Å². The largest absolute Gasteiger partial charge is 0.506 e. The number of likely N-dealkylation sites (N-methyl/N-ethyl adjacent to an activating group) is 2. The van der Waals surface area contributed by atoms with Crippen LogP contribution in [0.15, 0.2) is 56.9 Å². The standard InChI is InChI=1S/C64H68N14O20S5/c1-25(80)42-55(86)74-43(26(2)93-8)58-69-37(24-101-58)54(85)75-46-48-49(98-40-15-64(4,91)50(76(5)6)27(3)97-40)63(90)95-17-28-10-9-11-38-41(28)30(18-94-48)47(78(38)92)62(89)96-19-32(66-52(83)35-23-103-60(46)71-35)57-67-33(20-100-57)44-29(56-68-36(21-99-56)53(84)73-42)14-39(81)45(72-44)59-70-34(22-102-59)51(82)65-31(61(87)88)16-77(7)12-13-79/h9-11,14,20-25,27,31-32,40,42,46,48-50,79-81,91-92H,12-13,15-19H2,1-8H3,(H,65,82)(H,66,83)(H,73,84)(H,74,86)(H,75,85)(H,87,88)/b43-26+/t25?,27?,31-,32?,40?,42?,46?,48?,49?,50?,64?/m1/s1. The van der Waals surface area contributed by atoms with Crippen LogP contribution in [0.3, 0.4) is 0 Å². The molecule has 0 aliphatic carbocycles. The highest BCUT2D eigenvalue weighted by molar-refractivity contribution is 7.14. The Morgan fingerprint density at radius 3 is 2.22 bits per heavy atom. The minimum atomic E-state index is -1.93. The SMILES string of the molecule is CO/C(C)=C1/NC(=O)C(C(C)O)NC(=O)c2csc(n2)-c2cc(O)c(-c3nc(C(=O)N[C@H](CN(C)CCO)C(=O)O)cs3)nc2-c2csc(n2)C2COC(=O)c3c4c5c(cccc5n3O)COC(=O)C(OC3CC(C)(O)C(N(C)C)C(C)O3)C(OC4)C(NC(=O)c3csc1n3)c1nc(cs1)C(=O)N2. The van der Waals surface area contributed by atoms with E-state index in [4.69, 9.17) is 43.4 Å². The van der Waals surface area contributed by atoms with Crippen molar-refractivity contribution in [2.24, 2.45) is 0 Å². The van der Waals surface area contributed by atoms with Crippen molar-refractivity contribution in [3.05, 3.63) is 112 Å². The Hall–Kier alpha value is -9.36. The Morgan fingerprint density at radius 2 is 1.51 bits per heavy atom. The molecule has 12 bridgehead atoms. The topological polar surface area (TPSA) is 462 Å². The lowest BCUT2D eigenvalue weighted by Crippen LogP contribution is -2.62. The van der Waals surface area contributed by atoms with E-state index < -0.39 is 145 Å². The summed E-state index contributed by atoms with van der Waals surface area (Å²) in [7, 11) is 6.38. The lowest BCUT2D eigenvalue weighted by Gasteiger charge is -2.48. The van der Waals surface area contributed by atoms with Gasteiger partial charge in [-0.2, -0.15) is 4.73 Å². The monoisotopic (exact) mass is 1510 g/mol. The van der Waals surface area contributed by atoms with E-state index in [2.05, 4.69) is 41.5 Å². The summed E-state index contributed by atoms with van der Waals surface area (Å²) in [6.07, 6.45) is -7.62. The number of hydrogen-bond donors (Lipinski definition) is 11. The highest BCUT2D eigenvalue weighted by Crippen LogP contribution is 2.43. The number of carboxylic acids is 1. The molecule has 544 valence electrons. The van der Waals surface area contributed by atoms with Crippen LogP contribution in [-0.2, 0) is 56.0 Å². The van der Waals surface area contributed by atoms with Crippen molar-refractivity contribution < 1.29 is 97.5 Å². The minimum Gasteiger partial charge on any atom is -0.506 e. The number of pyridine rings is 1. The Labute approximate surface area is 604 Å². The highest BCUT2D eigenvalue weighted by atomic mass is 32.1. The zero-order valence-corrected chi connectivity index (χ0v) is 60.0. The maximum atomic E-state index is 15.2. The Morgan fingerprint density at radius 1 is 0.845 bits per heavy atom. The predicted molar refractivity (Wildman–Crippen MR) is 368 cm³/mol. The van der Waals surface area contributed by atoms with Gasteiger partial charge in [-0.15, -0.1) is 56.7 Å². The molecule has 34 nitrogen and oxygen atoms in total. The van der Waals surface area contributed by atoms with Gasteiger partial charge in [-0.1, -0.05) is 12.1 Å². The molecule has 10 unspecified atom stereocenters. The number of allylic oxidation sites excluding steroid dienone is 1. The third kappa shape index (κ3) is 15.1. The highest BCUT2D eigenvalue weighted by Gasteiger charge is 2.50. The molecule has 103 heavy (non-hydrogen) atoms. The molecule has 8 aromatic rings. The Balaban J connectivity index is 1.02. The molecule has 11 heterocycles. The van der Waals surface area contributed by atoms with E-state index in [0.29, 0.717) is 4.73 Å². The number of carbonyl (C=O) groups excluding carboxylic acids is 7. The molecule has 11 atom stereocenters. The van der Waals surface area contributed by atoms with Crippen molar-refractivity contribution >= 4 is 121 Å². The van der Waals surface area contributed by atoms with Crippen LogP contribution in [0.2, 0.25) is 0 Å². The van der Waals surface area contributed by atoms with Crippen molar-refractivity contribution in [2.45, 2.75) is 114 Å². The normalized spacial score (nSPS) is 23.9. The van der Waals surface area contributed by atoms with Crippen molar-refractivity contribution in [1.82, 2.24) is 71.0 Å². The number of carboxylic acid groups (broad SMARTS) is 1. The molecule has 0 saturated carbocycles. The zero-order chi connectivity index (χ0) is 73.6. The van der Waals surface area contributed by atoms with Gasteiger partial charge in [0.05, 0.1) is 49.7 Å². The summed E-state index contributed by atoms with van der Waals surface area (Å²) < 4.78 is 38.2. The van der Waals surface area contributed by atoms with Crippen LogP contribution < -0.4 is 26.6 Å². The Kier molecular flexibility index (Phi) is 21.5. The molecule has 0 radical (unpaired) electrons. The number of nitrogens with zero attached hydrogens (tertiary/aromatic N) is 9. The first-order valence-electron chi connectivity index (χ1n) is 31.6. The number of carbonyl (C=O) groups is 8. The molecule has 39 heteroatoms. The number of benzene rings is 1. The summed E-state index contributed by atoms with van der Waals surface area (Å²) in [5, 5.41) is 87.0. The average molecular weight is 1510 g/mol. The van der Waals surface area contributed by atoms with E-state index in [1.165, 1.54) is 64.9 Å². The molecule has 4 aliphatic heterocycles. The van der Waals surface area contributed by atoms with Crippen molar-refractivity contribution in [1.29, 1.82) is 0 Å². The maximum Gasteiger partial charge on any atom is 0.358 e. The molecule has 1 fully saturated rings. The second-order valence-electron chi connectivity index (χ2n) is 24.9. The van der Waals surface area contributed by atoms with E-state index in [0.717, 1.165) is 56.7 Å². The number of aliphatic hydroxyl groups excluding tert-OH is 2. The number of cyclic esters (lactones) is 2. The van der Waals surface area contributed by atoms with Gasteiger partial charge in [0.1, 0.15) is 126 Å². The van der Waals surface area contributed by atoms with Crippen LogP contribution in [0.1, 0.15) is 125 Å². The molecule has 4 aliphatic rings. The molecule has 1 saturated heterocycles. The number of thiazole rings is 5. The van der Waals surface area contributed by atoms with Crippen LogP contribution in [-0.4, -0.2) is 232 Å². The molecule has 0 spiro atoms. The molecule has 5 amide bonds. The number of rotatable bonds is 13. The fourth-order valence-corrected chi connectivity index (χ4v) is 16.6. The summed E-state index contributed by atoms with van der Waals surface area (Å²) in [5.74, 6) is -8.77. The predicted octanol–water partition coefficient (Wildman–Crippen LogP) is 3.27. The molecular weight excluding hydrogens is 1450 g/mol. The maximum absolute atomic E-state index is 15.2. The van der Waals surface area contributed by atoms with E-state index in [1.54, 1.807) is 52.0 Å². The summed E-state index contributed by atoms with van der Waals surface area (Å²) in [6, 6.07) is -0.879. The van der Waals surface area contributed by atoms with E-state index >= 15 is 19.2 Å². The van der Waals surface area contributed by atoms with Gasteiger partial charge in [0.15, 0.2) is 18.1 Å². The third-order valence-corrected chi connectivity index (χ3v) is 21.8. The van der Waals surface area contributed by atoms with Gasteiger partial charge in [-0.25, -0.2) is 44.3 Å². The summed E-state index contributed by atoms with van der Waals surface area (Å²) in [4.78, 5) is 147. The molecule has 1 aromatic carbocycles. The van der Waals surface area contributed by atoms with Crippen LogP contribution in [0.5, 0.6) is 5.75 Å². The van der Waals surface area contributed by atoms with Crippen molar-refractivity contribution in [2.75, 3.05) is 54.6 Å². The lowest BCUT2D eigenvalue weighted by molar-refractivity contribution is -0.280. The van der Waals surface area contributed by atoms with E-state index in [1.807, 2.05) is 0 Å². The van der Waals surface area contributed by atoms with Crippen molar-refractivity contribution in [3.63, 3.8) is 0 Å². The number of ether oxygens (including phenoxy) is 6. The van der Waals surface area contributed by atoms with E-state index in [9.17, 15) is 49.9 Å². The number of aliphatic hydroxyl groups is 3. The summed E-state index contributed by atoms with van der Waals surface area (Å²) >= 11 is 4.40. The smallest absolute Gasteiger partial charge is 0.358 e. The molecule has 7 aromatic heterocycles. The van der Waals surface area contributed by atoms with Crippen LogP contribution in [0.25, 0.3) is 49.3 Å². The molecule has 12 rings (SSSR count). The number of nitrogens with one attached hydrogen (secondary N) is 5. The second kappa shape index (κ2) is 30.1. The van der Waals surface area contributed by atoms with Crippen LogP contribution in [0.4, 0.5) is 0 Å². The van der Waals surface area contributed by atoms with Crippen molar-refractivity contribution in [3.8, 4) is 38.4 Å². The van der Waals surface area contributed by atoms with Gasteiger partial charge in [-0.3, -0.25) is 24.0 Å². The molecule has 11 N–H and O–H groups in total. The van der Waals surface area contributed by atoms with Gasteiger partial charge in [0, 0.05) is 62.9 Å². The van der Waals surface area contributed by atoms with Gasteiger partial charge in [-0.05, 0) is 66.5 Å². The zero-order valence-electron chi connectivity index (χ0n) is 55.9. The number of aliphatic carboxylic acids is 1. The third-order valence-electron chi connectivity index (χ3n) is 17.3. The number of esters is 2. The number of amides is 5. The summed E-state index contributed by atoms with van der Waals surface area (Å²) in [6.45, 7) is 3.85. The summed E-state index contributed by atoms with van der Waals surface area (Å²) in [5.41, 5.74) is -3.09. The first-order chi connectivity index (χ1) is 49.1. The lowest BCUT2D eigenvalue weighted by atomic mass is 9.85. The Bertz CT molecular complexity index is 4670. The fourth-order valence-electron chi connectivity index (χ4n) is 12.5. The van der Waals surface area contributed by atoms with Crippen LogP contribution in [0, 0.1) is 0 Å². The average Bonchev–Trinajstić information content (AvgIpc) is 1.68. The van der Waals surface area contributed by atoms with Gasteiger partial charge >= 0.3 is 17.9 Å². The number of fused-ring (bicyclic) bond motifs is 15. The number of hydrogen-bond acceptors (Lipinski definition) is 32.